The number of hydrogen-bond acceptors (Lipinski definition) is 2. The van der Waals surface area contributed by atoms with Crippen LogP contribution in [0, 0.1) is 0 Å². The van der Waals surface area contributed by atoms with Gasteiger partial charge in [-0.05, 0) is 30.2 Å². The number of nitrogens with zero attached hydrogens (tertiary/aromatic N) is 3. The van der Waals surface area contributed by atoms with Crippen LogP contribution in [0.1, 0.15) is 17.5 Å². The van der Waals surface area contributed by atoms with Crippen LogP contribution in [0.5, 0.6) is 0 Å². The molecule has 130 valence electrons. The Hall–Kier alpha value is -2.51. The van der Waals surface area contributed by atoms with Gasteiger partial charge in [-0.25, -0.2) is 0 Å². The molecule has 2 rings (SSSR count). The normalized spacial score (nSPS) is 12.2. The summed E-state index contributed by atoms with van der Waals surface area (Å²) in [6.07, 6.45) is 0.205. The zero-order valence-corrected chi connectivity index (χ0v) is 13.3. The van der Waals surface area contributed by atoms with Crippen molar-refractivity contribution >= 4 is 5.96 Å². The molecule has 0 aliphatic carbocycles. The third-order valence-corrected chi connectivity index (χ3v) is 3.38. The van der Waals surface area contributed by atoms with Gasteiger partial charge in [0.25, 0.3) is 0 Å². The highest BCUT2D eigenvalue weighted by Gasteiger charge is 2.29. The van der Waals surface area contributed by atoms with E-state index in [1.807, 2.05) is 16.9 Å². The van der Waals surface area contributed by atoms with Crippen LogP contribution in [0.2, 0.25) is 0 Å². The van der Waals surface area contributed by atoms with E-state index in [1.165, 1.54) is 12.1 Å². The van der Waals surface area contributed by atoms with Gasteiger partial charge >= 0.3 is 6.18 Å². The fourth-order valence-corrected chi connectivity index (χ4v) is 2.10. The minimum absolute atomic E-state index is 0.400. The van der Waals surface area contributed by atoms with E-state index < -0.39 is 11.7 Å². The molecule has 0 spiro atoms. The number of hydrogen-bond donors (Lipinski definition) is 2. The van der Waals surface area contributed by atoms with E-state index in [0.29, 0.717) is 19.0 Å². The molecule has 2 N–H and O–H groups in total. The molecule has 24 heavy (non-hydrogen) atoms. The molecule has 1 aromatic heterocycles. The van der Waals surface area contributed by atoms with Crippen molar-refractivity contribution in [3.8, 4) is 0 Å². The van der Waals surface area contributed by atoms with Crippen LogP contribution in [0.25, 0.3) is 0 Å². The minimum atomic E-state index is -4.31. The minimum Gasteiger partial charge on any atom is -0.356 e. The number of halogens is 3. The molecule has 0 unspecified atom stereocenters. The molecular weight excluding hydrogens is 319 g/mol. The van der Waals surface area contributed by atoms with E-state index in [1.54, 1.807) is 13.2 Å². The molecule has 1 aromatic carbocycles. The van der Waals surface area contributed by atoms with E-state index in [-0.39, 0.29) is 0 Å². The Kier molecular flexibility index (Phi) is 6.22. The summed E-state index contributed by atoms with van der Waals surface area (Å²) in [5.41, 5.74) is 0.106. The molecular formula is C16H20F3N5. The summed E-state index contributed by atoms with van der Waals surface area (Å²) in [7, 11) is 1.65. The van der Waals surface area contributed by atoms with Gasteiger partial charge in [-0.2, -0.15) is 18.3 Å². The predicted molar refractivity (Wildman–Crippen MR) is 86.5 cm³/mol. The first-order valence-electron chi connectivity index (χ1n) is 7.57. The van der Waals surface area contributed by atoms with Gasteiger partial charge in [0, 0.05) is 39.1 Å². The summed E-state index contributed by atoms with van der Waals surface area (Å²) in [4.78, 5) is 4.09. The monoisotopic (exact) mass is 339 g/mol. The number of rotatable bonds is 6. The smallest absolute Gasteiger partial charge is 0.356 e. The molecule has 0 fully saturated rings. The lowest BCUT2D eigenvalue weighted by molar-refractivity contribution is -0.137. The van der Waals surface area contributed by atoms with Crippen molar-refractivity contribution in [2.45, 2.75) is 25.7 Å². The van der Waals surface area contributed by atoms with Crippen molar-refractivity contribution in [2.24, 2.45) is 4.99 Å². The molecule has 0 radical (unpaired) electrons. The van der Waals surface area contributed by atoms with E-state index in [0.717, 1.165) is 30.7 Å². The average molecular weight is 339 g/mol. The molecule has 0 aliphatic heterocycles. The summed E-state index contributed by atoms with van der Waals surface area (Å²) in [5.74, 6) is 0.607. The maximum absolute atomic E-state index is 12.5. The lowest BCUT2D eigenvalue weighted by Crippen LogP contribution is -2.37. The van der Waals surface area contributed by atoms with Crippen LogP contribution in [0.3, 0.4) is 0 Å². The van der Waals surface area contributed by atoms with Gasteiger partial charge in [-0.15, -0.1) is 0 Å². The van der Waals surface area contributed by atoms with Crippen molar-refractivity contribution in [1.82, 2.24) is 20.4 Å². The number of alkyl halides is 3. The van der Waals surface area contributed by atoms with Crippen LogP contribution in [-0.2, 0) is 19.3 Å². The number of benzene rings is 1. The lowest BCUT2D eigenvalue weighted by atomic mass is 10.1. The van der Waals surface area contributed by atoms with Gasteiger partial charge in [0.05, 0.1) is 5.56 Å². The summed E-state index contributed by atoms with van der Waals surface area (Å²) in [6, 6.07) is 6.95. The lowest BCUT2D eigenvalue weighted by Gasteiger charge is -2.12. The quantitative estimate of drug-likeness (QED) is 0.483. The topological polar surface area (TPSA) is 54.2 Å². The third-order valence-electron chi connectivity index (χ3n) is 3.38. The van der Waals surface area contributed by atoms with Crippen molar-refractivity contribution in [2.75, 3.05) is 13.6 Å². The van der Waals surface area contributed by atoms with Crippen molar-refractivity contribution in [3.63, 3.8) is 0 Å². The first kappa shape index (κ1) is 17.8. The molecule has 5 nitrogen and oxygen atoms in total. The number of aliphatic imine (C=N–C) groups is 1. The molecule has 8 heteroatoms. The average Bonchev–Trinajstić information content (AvgIpc) is 3.07. The Balaban J connectivity index is 1.73. The molecule has 0 saturated carbocycles. The van der Waals surface area contributed by atoms with Crippen molar-refractivity contribution in [1.29, 1.82) is 0 Å². The summed E-state index contributed by atoms with van der Waals surface area (Å²) < 4.78 is 39.4. The van der Waals surface area contributed by atoms with Crippen LogP contribution in [0.4, 0.5) is 13.2 Å². The van der Waals surface area contributed by atoms with Crippen molar-refractivity contribution in [3.05, 3.63) is 53.9 Å². The second-order valence-corrected chi connectivity index (χ2v) is 5.17. The van der Waals surface area contributed by atoms with Crippen LogP contribution in [-0.4, -0.2) is 29.3 Å². The van der Waals surface area contributed by atoms with E-state index in [9.17, 15) is 13.2 Å². The Morgan fingerprint density at radius 1 is 1.21 bits per heavy atom. The summed E-state index contributed by atoms with van der Waals surface area (Å²) in [5, 5.41) is 10.3. The first-order chi connectivity index (χ1) is 11.5. The zero-order valence-electron chi connectivity index (χ0n) is 13.3. The molecule has 0 atom stereocenters. The van der Waals surface area contributed by atoms with Gasteiger partial charge < -0.3 is 10.6 Å². The fourth-order valence-electron chi connectivity index (χ4n) is 2.10. The van der Waals surface area contributed by atoms with Gasteiger partial charge in [-0.3, -0.25) is 9.67 Å². The highest BCUT2D eigenvalue weighted by Crippen LogP contribution is 2.28. The zero-order chi connectivity index (χ0) is 17.4. The second kappa shape index (κ2) is 8.37. The highest BCUT2D eigenvalue weighted by molar-refractivity contribution is 5.79. The molecule has 1 heterocycles. The molecule has 0 bridgehead atoms. The van der Waals surface area contributed by atoms with E-state index in [2.05, 4.69) is 20.7 Å². The van der Waals surface area contributed by atoms with E-state index in [4.69, 9.17) is 0 Å². The van der Waals surface area contributed by atoms with Gasteiger partial charge in [0.1, 0.15) is 0 Å². The number of aryl methyl sites for hydroxylation is 1. The van der Waals surface area contributed by atoms with E-state index >= 15 is 0 Å². The predicted octanol–water partition coefficient (Wildman–Crippen LogP) is 2.66. The fraction of sp³-hybridized carbons (Fsp3) is 0.375. The second-order valence-electron chi connectivity index (χ2n) is 5.17. The number of guanidine groups is 1. The first-order valence-corrected chi connectivity index (χ1v) is 7.57. The Morgan fingerprint density at radius 3 is 2.54 bits per heavy atom. The van der Waals surface area contributed by atoms with Crippen molar-refractivity contribution < 1.29 is 13.2 Å². The summed E-state index contributed by atoms with van der Waals surface area (Å²) in [6.45, 7) is 1.92. The maximum atomic E-state index is 12.5. The third kappa shape index (κ3) is 5.60. The Bertz CT molecular complexity index is 633. The number of nitrogens with one attached hydrogen (secondary N) is 2. The van der Waals surface area contributed by atoms with Crippen LogP contribution >= 0.6 is 0 Å². The van der Waals surface area contributed by atoms with Crippen LogP contribution in [0.15, 0.2) is 47.7 Å². The van der Waals surface area contributed by atoms with Gasteiger partial charge in [-0.1, -0.05) is 12.1 Å². The molecule has 0 saturated heterocycles. The Labute approximate surface area is 138 Å². The highest BCUT2D eigenvalue weighted by atomic mass is 19.4. The largest absolute Gasteiger partial charge is 0.416 e. The SMILES string of the molecule is CN=C(NCCCn1cccn1)NCc1ccc(C(F)(F)F)cc1. The standard InChI is InChI=1S/C16H20F3N5/c1-20-15(21-8-2-10-24-11-3-9-23-24)22-12-13-4-6-14(7-5-13)16(17,18)19/h3-7,9,11H,2,8,10,12H2,1H3,(H2,20,21,22). The van der Waals surface area contributed by atoms with Crippen LogP contribution < -0.4 is 10.6 Å². The number of aromatic nitrogens is 2. The Morgan fingerprint density at radius 2 is 1.96 bits per heavy atom. The molecule has 2 aromatic rings. The van der Waals surface area contributed by atoms with Gasteiger partial charge in [0.15, 0.2) is 5.96 Å². The molecule has 0 amide bonds. The molecule has 0 aliphatic rings. The van der Waals surface area contributed by atoms with Gasteiger partial charge in [0.2, 0.25) is 0 Å². The maximum Gasteiger partial charge on any atom is 0.416 e. The summed E-state index contributed by atoms with van der Waals surface area (Å²) >= 11 is 0.